The summed E-state index contributed by atoms with van der Waals surface area (Å²) in [5, 5.41) is 0. The third kappa shape index (κ3) is 4.02. The highest BCUT2D eigenvalue weighted by molar-refractivity contribution is 9.10. The predicted octanol–water partition coefficient (Wildman–Crippen LogP) is 4.20. The van der Waals surface area contributed by atoms with Gasteiger partial charge in [-0.05, 0) is 58.6 Å². The van der Waals surface area contributed by atoms with E-state index in [-0.39, 0.29) is 18.3 Å². The highest BCUT2D eigenvalue weighted by atomic mass is 79.9. The Balaban J connectivity index is 0.00000208. The zero-order valence-electron chi connectivity index (χ0n) is 13.2. The number of rotatable bonds is 4. The van der Waals surface area contributed by atoms with Gasteiger partial charge in [-0.25, -0.2) is 0 Å². The SMILES string of the molecule is Cl.Nc1cccc2c1CCCN2C(=O)CCOc1ccccc1Br. The van der Waals surface area contributed by atoms with Crippen LogP contribution in [0.5, 0.6) is 5.75 Å². The van der Waals surface area contributed by atoms with Crippen LogP contribution < -0.4 is 15.4 Å². The Bertz CT molecular complexity index is 724. The molecule has 24 heavy (non-hydrogen) atoms. The Labute approximate surface area is 156 Å². The first kappa shape index (κ1) is 18.6. The third-order valence-electron chi connectivity index (χ3n) is 4.00. The van der Waals surface area contributed by atoms with Gasteiger partial charge in [0.15, 0.2) is 0 Å². The van der Waals surface area contributed by atoms with Gasteiger partial charge in [-0.15, -0.1) is 12.4 Å². The molecule has 0 aromatic heterocycles. The molecule has 0 spiro atoms. The zero-order chi connectivity index (χ0) is 16.2. The number of carbonyl (C=O) groups excluding carboxylic acids is 1. The lowest BCUT2D eigenvalue weighted by Crippen LogP contribution is -2.36. The molecule has 0 unspecified atom stereocenters. The summed E-state index contributed by atoms with van der Waals surface area (Å²) >= 11 is 3.44. The van der Waals surface area contributed by atoms with E-state index in [1.165, 1.54) is 0 Å². The van der Waals surface area contributed by atoms with E-state index in [1.54, 1.807) is 0 Å². The molecule has 128 valence electrons. The summed E-state index contributed by atoms with van der Waals surface area (Å²) in [6.07, 6.45) is 2.22. The molecule has 6 heteroatoms. The maximum Gasteiger partial charge on any atom is 0.230 e. The monoisotopic (exact) mass is 410 g/mol. The number of benzene rings is 2. The molecular formula is C18H20BrClN2O2. The summed E-state index contributed by atoms with van der Waals surface area (Å²) in [5.74, 6) is 0.826. The number of nitrogen functional groups attached to an aromatic ring is 1. The van der Waals surface area contributed by atoms with Crippen molar-refractivity contribution in [2.24, 2.45) is 0 Å². The Morgan fingerprint density at radius 2 is 2.00 bits per heavy atom. The molecule has 0 saturated heterocycles. The van der Waals surface area contributed by atoms with E-state index in [1.807, 2.05) is 47.4 Å². The summed E-state index contributed by atoms with van der Waals surface area (Å²) < 4.78 is 6.58. The first-order chi connectivity index (χ1) is 11.2. The summed E-state index contributed by atoms with van der Waals surface area (Å²) in [4.78, 5) is 14.4. The standard InChI is InChI=1S/C18H19BrN2O2.ClH/c19-14-6-1-2-9-17(14)23-12-10-18(22)21-11-4-5-13-15(20)7-3-8-16(13)21;/h1-3,6-9H,4-5,10-12,20H2;1H. The van der Waals surface area contributed by atoms with Crippen LogP contribution in [-0.4, -0.2) is 19.1 Å². The van der Waals surface area contributed by atoms with Gasteiger partial charge in [0.1, 0.15) is 5.75 Å². The fraction of sp³-hybridized carbons (Fsp3) is 0.278. The Morgan fingerprint density at radius 1 is 1.21 bits per heavy atom. The Hall–Kier alpha value is -1.72. The second-order valence-electron chi connectivity index (χ2n) is 5.52. The van der Waals surface area contributed by atoms with Crippen molar-refractivity contribution < 1.29 is 9.53 Å². The van der Waals surface area contributed by atoms with Crippen LogP contribution in [0.2, 0.25) is 0 Å². The predicted molar refractivity (Wildman–Crippen MR) is 103 cm³/mol. The van der Waals surface area contributed by atoms with Crippen molar-refractivity contribution in [3.8, 4) is 5.75 Å². The van der Waals surface area contributed by atoms with Gasteiger partial charge in [-0.3, -0.25) is 4.79 Å². The molecule has 1 aliphatic rings. The lowest BCUT2D eigenvalue weighted by molar-refractivity contribution is -0.119. The van der Waals surface area contributed by atoms with E-state index in [9.17, 15) is 4.79 Å². The number of ether oxygens (including phenoxy) is 1. The van der Waals surface area contributed by atoms with Gasteiger partial charge < -0.3 is 15.4 Å². The lowest BCUT2D eigenvalue weighted by Gasteiger charge is -2.30. The number of para-hydroxylation sites is 1. The number of amides is 1. The molecule has 1 aliphatic heterocycles. The van der Waals surface area contributed by atoms with Crippen LogP contribution in [-0.2, 0) is 11.2 Å². The average molecular weight is 412 g/mol. The number of halogens is 2. The first-order valence-electron chi connectivity index (χ1n) is 7.72. The van der Waals surface area contributed by atoms with E-state index in [2.05, 4.69) is 15.9 Å². The number of nitrogens with zero attached hydrogens (tertiary/aromatic N) is 1. The Morgan fingerprint density at radius 3 is 2.79 bits per heavy atom. The topological polar surface area (TPSA) is 55.6 Å². The highest BCUT2D eigenvalue weighted by Crippen LogP contribution is 2.31. The van der Waals surface area contributed by atoms with E-state index in [4.69, 9.17) is 10.5 Å². The maximum absolute atomic E-state index is 12.5. The van der Waals surface area contributed by atoms with Gasteiger partial charge in [-0.2, -0.15) is 0 Å². The van der Waals surface area contributed by atoms with Crippen LogP contribution in [0.15, 0.2) is 46.9 Å². The van der Waals surface area contributed by atoms with Gasteiger partial charge in [0.05, 0.1) is 17.5 Å². The molecule has 4 nitrogen and oxygen atoms in total. The highest BCUT2D eigenvalue weighted by Gasteiger charge is 2.23. The van der Waals surface area contributed by atoms with Crippen molar-refractivity contribution in [2.45, 2.75) is 19.3 Å². The number of carbonyl (C=O) groups is 1. The lowest BCUT2D eigenvalue weighted by atomic mass is 9.99. The quantitative estimate of drug-likeness (QED) is 0.767. The molecule has 2 aromatic carbocycles. The first-order valence-corrected chi connectivity index (χ1v) is 8.51. The van der Waals surface area contributed by atoms with Crippen LogP contribution in [0.4, 0.5) is 11.4 Å². The van der Waals surface area contributed by atoms with Crippen LogP contribution in [0.25, 0.3) is 0 Å². The zero-order valence-corrected chi connectivity index (χ0v) is 15.6. The average Bonchev–Trinajstić information content (AvgIpc) is 2.56. The molecule has 2 aromatic rings. The molecule has 0 fully saturated rings. The van der Waals surface area contributed by atoms with Crippen molar-refractivity contribution >= 4 is 45.6 Å². The second-order valence-corrected chi connectivity index (χ2v) is 6.38. The summed E-state index contributed by atoms with van der Waals surface area (Å²) in [5.41, 5.74) is 8.83. The molecular weight excluding hydrogens is 392 g/mol. The van der Waals surface area contributed by atoms with E-state index in [0.717, 1.165) is 46.5 Å². The van der Waals surface area contributed by atoms with E-state index >= 15 is 0 Å². The molecule has 0 bridgehead atoms. The van der Waals surface area contributed by atoms with Gasteiger partial charge in [0.25, 0.3) is 0 Å². The fourth-order valence-electron chi connectivity index (χ4n) is 2.86. The molecule has 0 radical (unpaired) electrons. The van der Waals surface area contributed by atoms with Crippen molar-refractivity contribution in [1.82, 2.24) is 0 Å². The van der Waals surface area contributed by atoms with Crippen molar-refractivity contribution in [3.05, 3.63) is 52.5 Å². The van der Waals surface area contributed by atoms with Gasteiger partial charge in [0.2, 0.25) is 5.91 Å². The Kier molecular flexibility index (Phi) is 6.52. The third-order valence-corrected chi connectivity index (χ3v) is 4.65. The fourth-order valence-corrected chi connectivity index (χ4v) is 3.26. The number of nitrogens with two attached hydrogens (primary N) is 1. The minimum atomic E-state index is 0. The minimum Gasteiger partial charge on any atom is -0.492 e. The number of fused-ring (bicyclic) bond motifs is 1. The summed E-state index contributed by atoms with van der Waals surface area (Å²) in [6, 6.07) is 13.4. The van der Waals surface area contributed by atoms with E-state index in [0.29, 0.717) is 13.0 Å². The van der Waals surface area contributed by atoms with Crippen LogP contribution in [0, 0.1) is 0 Å². The van der Waals surface area contributed by atoms with Gasteiger partial charge >= 0.3 is 0 Å². The minimum absolute atomic E-state index is 0. The molecule has 2 N–H and O–H groups in total. The molecule has 0 aliphatic carbocycles. The van der Waals surface area contributed by atoms with Gasteiger partial charge in [0, 0.05) is 17.9 Å². The van der Waals surface area contributed by atoms with Crippen molar-refractivity contribution in [3.63, 3.8) is 0 Å². The normalized spacial score (nSPS) is 13.0. The number of hydrogen-bond donors (Lipinski definition) is 1. The van der Waals surface area contributed by atoms with Crippen molar-refractivity contribution in [1.29, 1.82) is 0 Å². The van der Waals surface area contributed by atoms with Crippen LogP contribution in [0.3, 0.4) is 0 Å². The largest absolute Gasteiger partial charge is 0.492 e. The molecule has 3 rings (SSSR count). The second kappa shape index (κ2) is 8.40. The van der Waals surface area contributed by atoms with E-state index < -0.39 is 0 Å². The molecule has 1 amide bonds. The smallest absolute Gasteiger partial charge is 0.230 e. The number of anilines is 2. The molecule has 1 heterocycles. The van der Waals surface area contributed by atoms with Crippen molar-refractivity contribution in [2.75, 3.05) is 23.8 Å². The van der Waals surface area contributed by atoms with Crippen LogP contribution >= 0.6 is 28.3 Å². The summed E-state index contributed by atoms with van der Waals surface area (Å²) in [7, 11) is 0. The molecule has 0 atom stereocenters. The number of hydrogen-bond acceptors (Lipinski definition) is 3. The summed E-state index contributed by atoms with van der Waals surface area (Å²) in [6.45, 7) is 1.10. The van der Waals surface area contributed by atoms with Gasteiger partial charge in [-0.1, -0.05) is 18.2 Å². The van der Waals surface area contributed by atoms with Crippen LogP contribution in [0.1, 0.15) is 18.4 Å². The molecule has 0 saturated carbocycles. The maximum atomic E-state index is 12.5.